The number of carbonyl (C=O) groups excluding carboxylic acids is 2. The van der Waals surface area contributed by atoms with Crippen LogP contribution in [0.3, 0.4) is 0 Å². The Kier molecular flexibility index (Phi) is 6.63. The third-order valence-corrected chi connectivity index (χ3v) is 4.38. The minimum Gasteiger partial charge on any atom is -0.480 e. The van der Waals surface area contributed by atoms with Crippen molar-refractivity contribution in [3.63, 3.8) is 0 Å². The fraction of sp³-hybridized carbons (Fsp3) is 0.750. The van der Waals surface area contributed by atoms with E-state index in [1.54, 1.807) is 0 Å². The number of nitrogens with zero attached hydrogens (tertiary/aromatic N) is 1. The molecular weight excluding hydrogens is 282 g/mol. The standard InChI is InChI=1S/C12H21N3O4S/c1-2-4-10-15(8(7-20-10)11(17)18)12(19)14-6-3-5-9(13)16/h8,10H,2-7H2,1H3,(H2,13,16)(H,14,19)(H,17,18). The van der Waals surface area contributed by atoms with Crippen molar-refractivity contribution in [1.82, 2.24) is 10.2 Å². The van der Waals surface area contributed by atoms with E-state index in [0.29, 0.717) is 18.7 Å². The van der Waals surface area contributed by atoms with Gasteiger partial charge in [-0.1, -0.05) is 13.3 Å². The van der Waals surface area contributed by atoms with Gasteiger partial charge in [0.15, 0.2) is 0 Å². The summed E-state index contributed by atoms with van der Waals surface area (Å²) >= 11 is 1.49. The van der Waals surface area contributed by atoms with Gasteiger partial charge in [-0.3, -0.25) is 9.69 Å². The van der Waals surface area contributed by atoms with Crippen LogP contribution in [0.15, 0.2) is 0 Å². The van der Waals surface area contributed by atoms with Gasteiger partial charge in [0.25, 0.3) is 0 Å². The van der Waals surface area contributed by atoms with Gasteiger partial charge in [-0.05, 0) is 12.8 Å². The SMILES string of the molecule is CCCC1SCC(C(=O)O)N1C(=O)NCCCC(N)=O. The number of primary amides is 1. The highest BCUT2D eigenvalue weighted by atomic mass is 32.2. The average Bonchev–Trinajstić information content (AvgIpc) is 2.78. The molecule has 0 aromatic carbocycles. The molecule has 2 atom stereocenters. The first-order valence-electron chi connectivity index (χ1n) is 6.66. The molecule has 0 saturated carbocycles. The minimum absolute atomic E-state index is 0.0998. The number of carboxylic acid groups (broad SMARTS) is 1. The van der Waals surface area contributed by atoms with Crippen molar-refractivity contribution in [3.8, 4) is 0 Å². The third kappa shape index (κ3) is 4.59. The summed E-state index contributed by atoms with van der Waals surface area (Å²) in [6.07, 6.45) is 2.31. The van der Waals surface area contributed by atoms with Gasteiger partial charge in [0.1, 0.15) is 6.04 Å². The molecule has 0 aromatic heterocycles. The lowest BCUT2D eigenvalue weighted by Crippen LogP contribution is -2.50. The van der Waals surface area contributed by atoms with Gasteiger partial charge in [-0.15, -0.1) is 11.8 Å². The van der Waals surface area contributed by atoms with Crippen LogP contribution in [0.4, 0.5) is 4.79 Å². The molecule has 20 heavy (non-hydrogen) atoms. The van der Waals surface area contributed by atoms with Crippen molar-refractivity contribution in [2.24, 2.45) is 5.73 Å². The number of carboxylic acids is 1. The molecule has 4 N–H and O–H groups in total. The molecular formula is C12H21N3O4S. The molecule has 1 heterocycles. The normalized spacial score (nSPS) is 21.8. The van der Waals surface area contributed by atoms with Crippen LogP contribution in [-0.2, 0) is 9.59 Å². The number of rotatable bonds is 7. The van der Waals surface area contributed by atoms with E-state index < -0.39 is 17.9 Å². The number of hydrogen-bond donors (Lipinski definition) is 3. The largest absolute Gasteiger partial charge is 0.480 e. The zero-order valence-electron chi connectivity index (χ0n) is 11.5. The van der Waals surface area contributed by atoms with E-state index in [1.165, 1.54) is 16.7 Å². The van der Waals surface area contributed by atoms with Gasteiger partial charge in [0.2, 0.25) is 5.91 Å². The Morgan fingerprint density at radius 1 is 1.45 bits per heavy atom. The van der Waals surface area contributed by atoms with Gasteiger partial charge >= 0.3 is 12.0 Å². The Morgan fingerprint density at radius 2 is 2.15 bits per heavy atom. The van der Waals surface area contributed by atoms with Crippen molar-refractivity contribution in [2.75, 3.05) is 12.3 Å². The summed E-state index contributed by atoms with van der Waals surface area (Å²) in [6, 6.07) is -1.17. The smallest absolute Gasteiger partial charge is 0.327 e. The summed E-state index contributed by atoms with van der Waals surface area (Å²) in [7, 11) is 0. The lowest BCUT2D eigenvalue weighted by atomic mass is 10.2. The summed E-state index contributed by atoms with van der Waals surface area (Å²) in [5.41, 5.74) is 5.01. The number of thioether (sulfide) groups is 1. The minimum atomic E-state index is -0.983. The monoisotopic (exact) mass is 303 g/mol. The zero-order valence-corrected chi connectivity index (χ0v) is 12.3. The Hall–Kier alpha value is -1.44. The summed E-state index contributed by atoms with van der Waals surface area (Å²) < 4.78 is 0. The number of nitrogens with one attached hydrogen (secondary N) is 1. The van der Waals surface area contributed by atoms with E-state index in [2.05, 4.69) is 5.32 Å². The second-order valence-electron chi connectivity index (χ2n) is 4.64. The van der Waals surface area contributed by atoms with Crippen molar-refractivity contribution in [1.29, 1.82) is 0 Å². The Balaban J connectivity index is 2.55. The van der Waals surface area contributed by atoms with Crippen LogP contribution in [0.25, 0.3) is 0 Å². The third-order valence-electron chi connectivity index (χ3n) is 3.02. The van der Waals surface area contributed by atoms with Gasteiger partial charge < -0.3 is 16.2 Å². The molecule has 1 aliphatic heterocycles. The fourth-order valence-electron chi connectivity index (χ4n) is 2.04. The maximum atomic E-state index is 12.1. The Bertz CT molecular complexity index is 378. The zero-order chi connectivity index (χ0) is 15.1. The molecule has 2 unspecified atom stereocenters. The predicted molar refractivity (Wildman–Crippen MR) is 76.2 cm³/mol. The van der Waals surface area contributed by atoms with E-state index in [0.717, 1.165) is 12.8 Å². The fourth-order valence-corrected chi connectivity index (χ4v) is 3.56. The van der Waals surface area contributed by atoms with Crippen molar-refractivity contribution in [2.45, 2.75) is 44.0 Å². The molecule has 0 aliphatic carbocycles. The number of aliphatic carboxylic acids is 1. The lowest BCUT2D eigenvalue weighted by molar-refractivity contribution is -0.141. The van der Waals surface area contributed by atoms with Crippen molar-refractivity contribution < 1.29 is 19.5 Å². The Morgan fingerprint density at radius 3 is 2.70 bits per heavy atom. The van der Waals surface area contributed by atoms with Gasteiger partial charge in [-0.25, -0.2) is 9.59 Å². The highest BCUT2D eigenvalue weighted by molar-refractivity contribution is 8.00. The van der Waals surface area contributed by atoms with Crippen LogP contribution >= 0.6 is 11.8 Å². The molecule has 3 amide bonds. The molecule has 0 bridgehead atoms. The maximum absolute atomic E-state index is 12.1. The van der Waals surface area contributed by atoms with Crippen LogP contribution in [-0.4, -0.2) is 51.6 Å². The quantitative estimate of drug-likeness (QED) is 0.596. The first kappa shape index (κ1) is 16.6. The van der Waals surface area contributed by atoms with Crippen LogP contribution in [0, 0.1) is 0 Å². The summed E-state index contributed by atoms with van der Waals surface area (Å²) in [4.78, 5) is 35.3. The van der Waals surface area contributed by atoms with Crippen LogP contribution in [0.5, 0.6) is 0 Å². The molecule has 1 rings (SSSR count). The highest BCUT2D eigenvalue weighted by Crippen LogP contribution is 2.32. The van der Waals surface area contributed by atoms with E-state index in [1.807, 2.05) is 6.92 Å². The number of amides is 3. The van der Waals surface area contributed by atoms with Gasteiger partial charge in [0.05, 0.1) is 5.37 Å². The molecule has 0 aromatic rings. The summed E-state index contributed by atoms with van der Waals surface area (Å²) in [6.45, 7) is 2.31. The number of hydrogen-bond acceptors (Lipinski definition) is 4. The number of carbonyl (C=O) groups is 3. The first-order chi connectivity index (χ1) is 9.47. The van der Waals surface area contributed by atoms with E-state index >= 15 is 0 Å². The number of nitrogens with two attached hydrogens (primary N) is 1. The molecule has 1 aliphatic rings. The van der Waals surface area contributed by atoms with Crippen LogP contribution in [0.1, 0.15) is 32.6 Å². The lowest BCUT2D eigenvalue weighted by Gasteiger charge is -2.27. The Labute approximate surface area is 122 Å². The second-order valence-corrected chi connectivity index (χ2v) is 5.85. The van der Waals surface area contributed by atoms with Crippen molar-refractivity contribution >= 4 is 29.7 Å². The topological polar surface area (TPSA) is 113 Å². The predicted octanol–water partition coefficient (Wildman–Crippen LogP) is 0.590. The van der Waals surface area contributed by atoms with Crippen LogP contribution in [0.2, 0.25) is 0 Å². The summed E-state index contributed by atoms with van der Waals surface area (Å²) in [5.74, 6) is -0.985. The first-order valence-corrected chi connectivity index (χ1v) is 7.71. The molecule has 1 saturated heterocycles. The van der Waals surface area contributed by atoms with Crippen molar-refractivity contribution in [3.05, 3.63) is 0 Å². The number of urea groups is 1. The molecule has 0 radical (unpaired) electrons. The maximum Gasteiger partial charge on any atom is 0.327 e. The molecule has 114 valence electrons. The van der Waals surface area contributed by atoms with E-state index in [4.69, 9.17) is 10.8 Å². The van der Waals surface area contributed by atoms with E-state index in [-0.39, 0.29) is 17.8 Å². The molecule has 7 nitrogen and oxygen atoms in total. The molecule has 1 fully saturated rings. The summed E-state index contributed by atoms with van der Waals surface area (Å²) in [5, 5.41) is 11.7. The molecule has 8 heteroatoms. The van der Waals surface area contributed by atoms with Crippen LogP contribution < -0.4 is 11.1 Å². The van der Waals surface area contributed by atoms with E-state index in [9.17, 15) is 14.4 Å². The van der Waals surface area contributed by atoms with Gasteiger partial charge in [0, 0.05) is 18.7 Å². The van der Waals surface area contributed by atoms with Gasteiger partial charge in [-0.2, -0.15) is 0 Å². The second kappa shape index (κ2) is 7.98. The molecule has 0 spiro atoms. The highest BCUT2D eigenvalue weighted by Gasteiger charge is 2.40. The average molecular weight is 303 g/mol.